The monoisotopic (exact) mass is 422 g/mol. The van der Waals surface area contributed by atoms with Crippen LogP contribution in [0.5, 0.6) is 5.75 Å². The Balaban J connectivity index is 1.54. The van der Waals surface area contributed by atoms with E-state index in [9.17, 15) is 9.59 Å². The highest BCUT2D eigenvalue weighted by Gasteiger charge is 2.38. The first-order valence-electron chi connectivity index (χ1n) is 10.6. The van der Waals surface area contributed by atoms with Crippen LogP contribution in [0, 0.1) is 13.8 Å². The summed E-state index contributed by atoms with van der Waals surface area (Å²) in [6.07, 6.45) is 1.65. The Hall–Kier alpha value is -3.15. The number of ether oxygens (including phenoxy) is 1. The maximum atomic E-state index is 12.8. The number of nitrogens with zero attached hydrogens (tertiary/aromatic N) is 2. The molecular weight excluding hydrogens is 392 g/mol. The van der Waals surface area contributed by atoms with Crippen molar-refractivity contribution >= 4 is 17.6 Å². The number of carboxylic acid groups (broad SMARTS) is 1. The van der Waals surface area contributed by atoms with Gasteiger partial charge in [0.05, 0.1) is 24.3 Å². The number of aryl methyl sites for hydroxylation is 2. The van der Waals surface area contributed by atoms with E-state index in [-0.39, 0.29) is 17.9 Å². The summed E-state index contributed by atoms with van der Waals surface area (Å²) < 4.78 is 5.69. The van der Waals surface area contributed by atoms with Crippen LogP contribution >= 0.6 is 0 Å². The summed E-state index contributed by atoms with van der Waals surface area (Å²) in [6, 6.07) is 13.4. The third-order valence-corrected chi connectivity index (χ3v) is 5.27. The number of amides is 1. The topological polar surface area (TPSA) is 79.2 Å². The first kappa shape index (κ1) is 22.5. The van der Waals surface area contributed by atoms with E-state index in [2.05, 4.69) is 37.1 Å². The standard InChI is InChI=1S/C25H30N2O4/c1-17-12-18(2)14-20(13-17)22-16-25(3,4)27(26-22)23(28)6-5-11-31-21-9-7-19(8-10-21)15-24(29)30/h7-10,12-14H,5-6,11,15-16H2,1-4H3,(H,29,30). The minimum atomic E-state index is -0.861. The smallest absolute Gasteiger partial charge is 0.307 e. The molecule has 0 fully saturated rings. The number of hydrogen-bond donors (Lipinski definition) is 1. The predicted molar refractivity (Wildman–Crippen MR) is 121 cm³/mol. The SMILES string of the molecule is Cc1cc(C)cc(C2=NN(C(=O)CCCOc3ccc(CC(=O)O)cc3)C(C)(C)C2)c1. The zero-order valence-electron chi connectivity index (χ0n) is 18.6. The average Bonchev–Trinajstić information content (AvgIpc) is 3.00. The van der Waals surface area contributed by atoms with E-state index in [1.54, 1.807) is 29.3 Å². The highest BCUT2D eigenvalue weighted by molar-refractivity contribution is 6.03. The molecule has 0 aliphatic carbocycles. The predicted octanol–water partition coefficient (Wildman–Crippen LogP) is 4.50. The number of carbonyl (C=O) groups is 2. The molecule has 2 aromatic rings. The fourth-order valence-electron chi connectivity index (χ4n) is 3.87. The van der Waals surface area contributed by atoms with Crippen molar-refractivity contribution in [3.05, 3.63) is 64.7 Å². The Kier molecular flexibility index (Phi) is 6.78. The van der Waals surface area contributed by atoms with Crippen molar-refractivity contribution in [2.75, 3.05) is 6.61 Å². The van der Waals surface area contributed by atoms with Gasteiger partial charge in [-0.05, 0) is 57.4 Å². The normalized spacial score (nSPS) is 15.0. The van der Waals surface area contributed by atoms with Crippen molar-refractivity contribution in [3.8, 4) is 5.75 Å². The molecule has 1 aliphatic rings. The fraction of sp³-hybridized carbons (Fsp3) is 0.400. The lowest BCUT2D eigenvalue weighted by atomic mass is 9.93. The number of benzene rings is 2. The summed E-state index contributed by atoms with van der Waals surface area (Å²) in [4.78, 5) is 23.6. The molecule has 164 valence electrons. The third kappa shape index (κ3) is 5.94. The van der Waals surface area contributed by atoms with Crippen LogP contribution in [-0.2, 0) is 16.0 Å². The van der Waals surface area contributed by atoms with Crippen molar-refractivity contribution in [3.63, 3.8) is 0 Å². The summed E-state index contributed by atoms with van der Waals surface area (Å²) in [5.41, 5.74) is 4.77. The Bertz CT molecular complexity index is 973. The second-order valence-electron chi connectivity index (χ2n) is 8.78. The molecule has 0 bridgehead atoms. The van der Waals surface area contributed by atoms with Crippen LogP contribution in [0.3, 0.4) is 0 Å². The van der Waals surface area contributed by atoms with E-state index in [4.69, 9.17) is 9.84 Å². The zero-order valence-corrected chi connectivity index (χ0v) is 18.6. The van der Waals surface area contributed by atoms with E-state index in [0.29, 0.717) is 25.2 Å². The molecule has 3 rings (SSSR count). The lowest BCUT2D eigenvalue weighted by molar-refractivity contribution is -0.136. The summed E-state index contributed by atoms with van der Waals surface area (Å²) in [6.45, 7) is 8.63. The van der Waals surface area contributed by atoms with Gasteiger partial charge in [0.15, 0.2) is 0 Å². The van der Waals surface area contributed by atoms with E-state index >= 15 is 0 Å². The molecule has 1 N–H and O–H groups in total. The highest BCUT2D eigenvalue weighted by atomic mass is 16.5. The van der Waals surface area contributed by atoms with E-state index in [1.807, 2.05) is 13.8 Å². The van der Waals surface area contributed by atoms with Crippen molar-refractivity contribution in [2.45, 2.75) is 58.9 Å². The van der Waals surface area contributed by atoms with Crippen LogP contribution in [0.4, 0.5) is 0 Å². The number of aliphatic carboxylic acids is 1. The Morgan fingerprint density at radius 1 is 1.10 bits per heavy atom. The van der Waals surface area contributed by atoms with Crippen molar-refractivity contribution in [1.29, 1.82) is 0 Å². The van der Waals surface area contributed by atoms with Crippen molar-refractivity contribution < 1.29 is 19.4 Å². The maximum Gasteiger partial charge on any atom is 0.307 e. The molecular formula is C25H30N2O4. The van der Waals surface area contributed by atoms with Crippen LogP contribution in [-0.4, -0.2) is 39.8 Å². The van der Waals surface area contributed by atoms with Crippen LogP contribution in [0.25, 0.3) is 0 Å². The van der Waals surface area contributed by atoms with Gasteiger partial charge in [-0.25, -0.2) is 5.01 Å². The van der Waals surface area contributed by atoms with Gasteiger partial charge in [0.2, 0.25) is 5.91 Å². The van der Waals surface area contributed by atoms with Gasteiger partial charge in [-0.15, -0.1) is 0 Å². The average molecular weight is 423 g/mol. The molecule has 0 saturated carbocycles. The number of hydrazone groups is 1. The summed E-state index contributed by atoms with van der Waals surface area (Å²) in [5, 5.41) is 15.1. The molecule has 6 nitrogen and oxygen atoms in total. The molecule has 0 radical (unpaired) electrons. The zero-order chi connectivity index (χ0) is 22.6. The van der Waals surface area contributed by atoms with Crippen LogP contribution in [0.15, 0.2) is 47.6 Å². The molecule has 0 spiro atoms. The minimum Gasteiger partial charge on any atom is -0.494 e. The van der Waals surface area contributed by atoms with Gasteiger partial charge in [-0.3, -0.25) is 9.59 Å². The van der Waals surface area contributed by atoms with Crippen molar-refractivity contribution in [1.82, 2.24) is 5.01 Å². The van der Waals surface area contributed by atoms with Gasteiger partial charge in [0, 0.05) is 12.8 Å². The fourth-order valence-corrected chi connectivity index (χ4v) is 3.87. The second-order valence-corrected chi connectivity index (χ2v) is 8.78. The highest BCUT2D eigenvalue weighted by Crippen LogP contribution is 2.30. The molecule has 2 aromatic carbocycles. The first-order chi connectivity index (χ1) is 14.6. The van der Waals surface area contributed by atoms with E-state index in [1.165, 1.54) is 11.1 Å². The van der Waals surface area contributed by atoms with Gasteiger partial charge in [0.1, 0.15) is 5.75 Å². The summed E-state index contributed by atoms with van der Waals surface area (Å²) >= 11 is 0. The largest absolute Gasteiger partial charge is 0.494 e. The lowest BCUT2D eigenvalue weighted by Gasteiger charge is -2.28. The Morgan fingerprint density at radius 2 is 1.74 bits per heavy atom. The quantitative estimate of drug-likeness (QED) is 0.635. The molecule has 0 saturated heterocycles. The lowest BCUT2D eigenvalue weighted by Crippen LogP contribution is -2.40. The van der Waals surface area contributed by atoms with Gasteiger partial charge >= 0.3 is 5.97 Å². The van der Waals surface area contributed by atoms with Gasteiger partial charge in [-0.1, -0.05) is 41.5 Å². The van der Waals surface area contributed by atoms with E-state index in [0.717, 1.165) is 23.3 Å². The van der Waals surface area contributed by atoms with Crippen LogP contribution in [0.2, 0.25) is 0 Å². The van der Waals surface area contributed by atoms with Gasteiger partial charge in [-0.2, -0.15) is 5.10 Å². The van der Waals surface area contributed by atoms with E-state index < -0.39 is 5.97 Å². The molecule has 0 atom stereocenters. The van der Waals surface area contributed by atoms with Crippen LogP contribution in [0.1, 0.15) is 55.4 Å². The maximum absolute atomic E-state index is 12.8. The van der Waals surface area contributed by atoms with Crippen LogP contribution < -0.4 is 4.74 Å². The molecule has 6 heteroatoms. The molecule has 1 amide bonds. The number of carboxylic acids is 1. The van der Waals surface area contributed by atoms with Gasteiger partial charge < -0.3 is 9.84 Å². The van der Waals surface area contributed by atoms with Crippen molar-refractivity contribution in [2.24, 2.45) is 5.10 Å². The number of rotatable bonds is 8. The molecule has 1 aliphatic heterocycles. The third-order valence-electron chi connectivity index (χ3n) is 5.27. The minimum absolute atomic E-state index is 0.00890. The number of hydrogen-bond acceptors (Lipinski definition) is 4. The molecule has 1 heterocycles. The Morgan fingerprint density at radius 3 is 2.35 bits per heavy atom. The van der Waals surface area contributed by atoms with Gasteiger partial charge in [0.25, 0.3) is 0 Å². The second kappa shape index (κ2) is 9.33. The Labute approximate surface area is 183 Å². The summed E-state index contributed by atoms with van der Waals surface area (Å²) in [7, 11) is 0. The molecule has 0 unspecified atom stereocenters. The molecule has 0 aromatic heterocycles. The number of carbonyl (C=O) groups excluding carboxylic acids is 1. The summed E-state index contributed by atoms with van der Waals surface area (Å²) in [5.74, 6) is -0.205. The molecule has 31 heavy (non-hydrogen) atoms. The first-order valence-corrected chi connectivity index (χ1v) is 10.6.